The van der Waals surface area contributed by atoms with Gasteiger partial charge in [0.25, 0.3) is 0 Å². The van der Waals surface area contributed by atoms with Crippen LogP contribution in [0.25, 0.3) is 0 Å². The number of aromatic nitrogens is 3. The van der Waals surface area contributed by atoms with Gasteiger partial charge in [-0.05, 0) is 18.3 Å². The smallest absolute Gasteiger partial charge is 0.358 e. The molecule has 2 amide bonds. The van der Waals surface area contributed by atoms with Gasteiger partial charge in [-0.15, -0.1) is 5.10 Å². The Morgan fingerprint density at radius 3 is 2.71 bits per heavy atom. The van der Waals surface area contributed by atoms with Gasteiger partial charge >= 0.3 is 12.0 Å². The maximum Gasteiger partial charge on any atom is 0.358 e. The van der Waals surface area contributed by atoms with Crippen molar-refractivity contribution < 1.29 is 14.7 Å². The number of carbonyl (C=O) groups is 2. The number of amides is 2. The van der Waals surface area contributed by atoms with Gasteiger partial charge in [0.2, 0.25) is 0 Å². The SMILES string of the molecule is CC1(CNC(=O)N2CC(n3cc(C(=O)O)nn3)C2)CCC1. The van der Waals surface area contributed by atoms with Crippen LogP contribution in [0, 0.1) is 5.41 Å². The average molecular weight is 293 g/mol. The van der Waals surface area contributed by atoms with Crippen molar-refractivity contribution in [2.75, 3.05) is 19.6 Å². The Kier molecular flexibility index (Phi) is 3.30. The second-order valence-corrected chi connectivity index (χ2v) is 6.27. The van der Waals surface area contributed by atoms with Gasteiger partial charge in [-0.1, -0.05) is 18.6 Å². The predicted octanol–water partition coefficient (Wildman–Crippen LogP) is 0.733. The Bertz CT molecular complexity index is 560. The van der Waals surface area contributed by atoms with Crippen LogP contribution in [0.4, 0.5) is 4.79 Å². The molecule has 1 aromatic heterocycles. The fraction of sp³-hybridized carbons (Fsp3) is 0.692. The van der Waals surface area contributed by atoms with Gasteiger partial charge in [0.15, 0.2) is 5.69 Å². The van der Waals surface area contributed by atoms with E-state index in [1.165, 1.54) is 30.1 Å². The van der Waals surface area contributed by atoms with Gasteiger partial charge in [0, 0.05) is 19.6 Å². The van der Waals surface area contributed by atoms with Crippen molar-refractivity contribution in [3.05, 3.63) is 11.9 Å². The third-order valence-corrected chi connectivity index (χ3v) is 4.48. The van der Waals surface area contributed by atoms with Crippen LogP contribution in [-0.4, -0.2) is 56.6 Å². The Morgan fingerprint density at radius 1 is 1.48 bits per heavy atom. The monoisotopic (exact) mass is 293 g/mol. The number of carboxylic acid groups (broad SMARTS) is 1. The molecule has 0 bridgehead atoms. The summed E-state index contributed by atoms with van der Waals surface area (Å²) < 4.78 is 1.51. The van der Waals surface area contributed by atoms with E-state index in [0.717, 1.165) is 6.54 Å². The number of nitrogens with zero attached hydrogens (tertiary/aromatic N) is 4. The second-order valence-electron chi connectivity index (χ2n) is 6.27. The average Bonchev–Trinajstić information content (AvgIpc) is 2.82. The van der Waals surface area contributed by atoms with E-state index in [1.54, 1.807) is 4.90 Å². The van der Waals surface area contributed by atoms with Crippen LogP contribution in [-0.2, 0) is 0 Å². The number of hydrogen-bond acceptors (Lipinski definition) is 4. The predicted molar refractivity (Wildman–Crippen MR) is 72.9 cm³/mol. The van der Waals surface area contributed by atoms with E-state index in [4.69, 9.17) is 5.11 Å². The molecule has 2 aliphatic rings. The molecular weight excluding hydrogens is 274 g/mol. The first-order valence-electron chi connectivity index (χ1n) is 7.15. The van der Waals surface area contributed by atoms with Crippen LogP contribution in [0.3, 0.4) is 0 Å². The number of carboxylic acids is 1. The summed E-state index contributed by atoms with van der Waals surface area (Å²) in [6, 6.07) is -0.0476. The lowest BCUT2D eigenvalue weighted by Gasteiger charge is -2.42. The highest BCUT2D eigenvalue weighted by atomic mass is 16.4. The number of urea groups is 1. The van der Waals surface area contributed by atoms with Crippen molar-refractivity contribution >= 4 is 12.0 Å². The normalized spacial score (nSPS) is 20.5. The van der Waals surface area contributed by atoms with Gasteiger partial charge < -0.3 is 15.3 Å². The first-order chi connectivity index (χ1) is 9.97. The molecule has 2 fully saturated rings. The molecule has 0 unspecified atom stereocenters. The molecule has 3 rings (SSSR count). The maximum absolute atomic E-state index is 12.0. The molecule has 1 saturated carbocycles. The molecule has 1 saturated heterocycles. The Hall–Kier alpha value is -2.12. The molecule has 1 aliphatic heterocycles. The standard InChI is InChI=1S/C13H19N5O3/c1-13(3-2-4-13)8-14-12(21)17-5-9(6-17)18-7-10(11(19)20)15-16-18/h7,9H,2-6,8H2,1H3,(H,14,21)(H,19,20). The van der Waals surface area contributed by atoms with E-state index in [9.17, 15) is 9.59 Å². The topological polar surface area (TPSA) is 100 Å². The summed E-state index contributed by atoms with van der Waals surface area (Å²) in [7, 11) is 0. The number of hydrogen-bond donors (Lipinski definition) is 2. The molecule has 2 N–H and O–H groups in total. The number of carbonyl (C=O) groups excluding carboxylic acids is 1. The Labute approximate surface area is 122 Å². The largest absolute Gasteiger partial charge is 0.476 e. The third kappa shape index (κ3) is 2.70. The zero-order chi connectivity index (χ0) is 15.0. The summed E-state index contributed by atoms with van der Waals surface area (Å²) in [4.78, 5) is 24.4. The van der Waals surface area contributed by atoms with E-state index in [2.05, 4.69) is 22.6 Å². The zero-order valence-electron chi connectivity index (χ0n) is 11.9. The highest BCUT2D eigenvalue weighted by Crippen LogP contribution is 2.39. The highest BCUT2D eigenvalue weighted by molar-refractivity contribution is 5.84. The molecule has 114 valence electrons. The Morgan fingerprint density at radius 2 is 2.19 bits per heavy atom. The van der Waals surface area contributed by atoms with E-state index in [0.29, 0.717) is 13.1 Å². The first-order valence-corrected chi connectivity index (χ1v) is 7.15. The summed E-state index contributed by atoms with van der Waals surface area (Å²) in [6.07, 6.45) is 4.99. The lowest BCUT2D eigenvalue weighted by molar-refractivity contribution is 0.0690. The van der Waals surface area contributed by atoms with E-state index in [-0.39, 0.29) is 23.2 Å². The molecule has 21 heavy (non-hydrogen) atoms. The van der Waals surface area contributed by atoms with Gasteiger partial charge in [-0.25, -0.2) is 14.3 Å². The summed E-state index contributed by atoms with van der Waals surface area (Å²) >= 11 is 0. The van der Waals surface area contributed by atoms with Crippen molar-refractivity contribution in [1.82, 2.24) is 25.2 Å². The molecule has 2 heterocycles. The van der Waals surface area contributed by atoms with Crippen LogP contribution >= 0.6 is 0 Å². The van der Waals surface area contributed by atoms with Crippen LogP contribution in [0.1, 0.15) is 42.7 Å². The second kappa shape index (κ2) is 5.01. The third-order valence-electron chi connectivity index (χ3n) is 4.48. The van der Waals surface area contributed by atoms with Crippen molar-refractivity contribution in [1.29, 1.82) is 0 Å². The molecule has 8 heteroatoms. The highest BCUT2D eigenvalue weighted by Gasteiger charge is 2.36. The van der Waals surface area contributed by atoms with E-state index >= 15 is 0 Å². The van der Waals surface area contributed by atoms with Crippen molar-refractivity contribution in [2.24, 2.45) is 5.41 Å². The quantitative estimate of drug-likeness (QED) is 0.852. The molecule has 8 nitrogen and oxygen atoms in total. The minimum absolute atomic E-state index is 0.00985. The molecule has 0 spiro atoms. The van der Waals surface area contributed by atoms with Crippen LogP contribution in [0.15, 0.2) is 6.20 Å². The lowest BCUT2D eigenvalue weighted by Crippen LogP contribution is -2.55. The maximum atomic E-state index is 12.0. The lowest BCUT2D eigenvalue weighted by atomic mass is 9.70. The Balaban J connectivity index is 1.46. The van der Waals surface area contributed by atoms with Crippen molar-refractivity contribution in [3.63, 3.8) is 0 Å². The summed E-state index contributed by atoms with van der Waals surface area (Å²) in [5.41, 5.74) is 0.193. The minimum atomic E-state index is -1.09. The molecule has 1 aromatic rings. The molecular formula is C13H19N5O3. The summed E-state index contributed by atoms with van der Waals surface area (Å²) in [6.45, 7) is 3.98. The summed E-state index contributed by atoms with van der Waals surface area (Å²) in [5, 5.41) is 19.1. The fourth-order valence-electron chi connectivity index (χ4n) is 2.70. The number of nitrogens with one attached hydrogen (secondary N) is 1. The van der Waals surface area contributed by atoms with Crippen LogP contribution < -0.4 is 5.32 Å². The molecule has 0 aromatic carbocycles. The number of rotatable bonds is 4. The number of likely N-dealkylation sites (tertiary alicyclic amines) is 1. The van der Waals surface area contributed by atoms with Gasteiger partial charge in [-0.2, -0.15) is 0 Å². The number of aromatic carboxylic acids is 1. The minimum Gasteiger partial charge on any atom is -0.476 e. The van der Waals surface area contributed by atoms with Gasteiger partial charge in [-0.3, -0.25) is 0 Å². The first kappa shape index (κ1) is 13.8. The van der Waals surface area contributed by atoms with Crippen LogP contribution in [0.2, 0.25) is 0 Å². The van der Waals surface area contributed by atoms with Crippen molar-refractivity contribution in [3.8, 4) is 0 Å². The summed E-state index contributed by atoms with van der Waals surface area (Å²) in [5.74, 6) is -1.09. The zero-order valence-corrected chi connectivity index (χ0v) is 11.9. The van der Waals surface area contributed by atoms with E-state index in [1.807, 2.05) is 0 Å². The van der Waals surface area contributed by atoms with Crippen LogP contribution in [0.5, 0.6) is 0 Å². The van der Waals surface area contributed by atoms with E-state index < -0.39 is 5.97 Å². The molecule has 0 atom stereocenters. The molecule has 0 radical (unpaired) electrons. The van der Waals surface area contributed by atoms with Crippen molar-refractivity contribution in [2.45, 2.75) is 32.2 Å². The fourth-order valence-corrected chi connectivity index (χ4v) is 2.70. The van der Waals surface area contributed by atoms with Gasteiger partial charge in [0.05, 0.1) is 12.2 Å². The van der Waals surface area contributed by atoms with Gasteiger partial charge in [0.1, 0.15) is 0 Å². The molecule has 1 aliphatic carbocycles.